The number of nitrogens with two attached hydrogens (primary N) is 1. The van der Waals surface area contributed by atoms with E-state index in [-0.39, 0.29) is 33.5 Å². The number of carbonyl (C=O) groups is 3. The van der Waals surface area contributed by atoms with E-state index in [1.807, 2.05) is 0 Å². The second-order valence-electron chi connectivity index (χ2n) is 10.8. The molecule has 0 bridgehead atoms. The number of nitrogens with zero attached hydrogens (tertiary/aromatic N) is 3. The number of hydrogen-bond donors (Lipinski definition) is 1. The van der Waals surface area contributed by atoms with E-state index in [4.69, 9.17) is 5.73 Å². The van der Waals surface area contributed by atoms with Gasteiger partial charge in [0, 0.05) is 43.0 Å². The van der Waals surface area contributed by atoms with Gasteiger partial charge in [0.05, 0.1) is 16.8 Å². The van der Waals surface area contributed by atoms with Gasteiger partial charge in [0.25, 0.3) is 11.8 Å². The number of carbonyl (C=O) groups excluding carboxylic acids is 3. The average molecular weight is 651 g/mol. The number of halogens is 8. The lowest BCUT2D eigenvalue weighted by Crippen LogP contribution is -2.29. The number of hydrogen-bond acceptors (Lipinski definition) is 5. The molecule has 7 nitrogen and oxygen atoms in total. The summed E-state index contributed by atoms with van der Waals surface area (Å²) in [6.45, 7) is -1.10. The average Bonchev–Trinajstić information content (AvgIpc) is 3.36. The normalized spacial score (nSPS) is 15.0. The first-order chi connectivity index (χ1) is 21.5. The van der Waals surface area contributed by atoms with Crippen LogP contribution in [-0.2, 0) is 29.9 Å². The summed E-state index contributed by atoms with van der Waals surface area (Å²) in [5, 5.41) is 3.21. The van der Waals surface area contributed by atoms with Crippen molar-refractivity contribution < 1.29 is 49.5 Å². The fourth-order valence-corrected chi connectivity index (χ4v) is 5.58. The van der Waals surface area contributed by atoms with Gasteiger partial charge in [-0.15, -0.1) is 0 Å². The fraction of sp³-hybridized carbons (Fsp3) is 0.258. The van der Waals surface area contributed by atoms with Crippen LogP contribution < -0.4 is 5.73 Å². The number of benzene rings is 2. The minimum atomic E-state index is -5.27. The number of primary amides is 1. The molecule has 5 rings (SSSR count). The summed E-state index contributed by atoms with van der Waals surface area (Å²) in [6.07, 6.45) is -6.76. The van der Waals surface area contributed by atoms with Gasteiger partial charge in [-0.3, -0.25) is 24.0 Å². The molecule has 2 aromatic carbocycles. The van der Waals surface area contributed by atoms with Gasteiger partial charge in [-0.05, 0) is 47.9 Å². The highest BCUT2D eigenvalue weighted by molar-refractivity contribution is 6.00. The van der Waals surface area contributed by atoms with Gasteiger partial charge in [-0.25, -0.2) is 13.2 Å². The van der Waals surface area contributed by atoms with Crippen LogP contribution in [0.4, 0.5) is 35.1 Å². The third-order valence-electron chi connectivity index (χ3n) is 7.48. The fourth-order valence-electron chi connectivity index (χ4n) is 5.58. The van der Waals surface area contributed by atoms with Crippen molar-refractivity contribution in [1.29, 1.82) is 0 Å². The van der Waals surface area contributed by atoms with Crippen LogP contribution in [0.3, 0.4) is 0 Å². The first kappa shape index (κ1) is 32.4. The largest absolute Gasteiger partial charge is 0.435 e. The lowest BCUT2D eigenvalue weighted by molar-refractivity contribution is -0.142. The number of pyridine rings is 1. The summed E-state index contributed by atoms with van der Waals surface area (Å²) < 4.78 is 114. The SMILES string of the molecule is NC(=O)c1cc(-c2cccnc2[C@@H](CC(=O)Cn2nc(C(F)(F)F)c3c2C(F)(F)CCC3=O)Cc2cc(F)cc(F)c2)ccc1F. The topological polar surface area (TPSA) is 108 Å². The van der Waals surface area contributed by atoms with Crippen molar-refractivity contribution in [2.24, 2.45) is 5.73 Å². The van der Waals surface area contributed by atoms with Crippen LogP contribution in [0.15, 0.2) is 54.7 Å². The van der Waals surface area contributed by atoms with E-state index in [1.165, 1.54) is 24.4 Å². The molecular weight excluding hydrogens is 628 g/mol. The zero-order chi connectivity index (χ0) is 33.6. The van der Waals surface area contributed by atoms with Gasteiger partial charge >= 0.3 is 6.18 Å². The number of ketones is 2. The van der Waals surface area contributed by atoms with Crippen LogP contribution in [0, 0.1) is 17.5 Å². The van der Waals surface area contributed by atoms with Crippen molar-refractivity contribution in [2.45, 2.75) is 50.2 Å². The molecule has 0 fully saturated rings. The van der Waals surface area contributed by atoms with Gasteiger partial charge < -0.3 is 5.73 Å². The lowest BCUT2D eigenvalue weighted by atomic mass is 9.86. The van der Waals surface area contributed by atoms with Gasteiger partial charge in [0.1, 0.15) is 29.7 Å². The summed E-state index contributed by atoms with van der Waals surface area (Å²) in [5.74, 6) is -11.0. The second kappa shape index (κ2) is 12.1. The van der Waals surface area contributed by atoms with E-state index >= 15 is 0 Å². The van der Waals surface area contributed by atoms with E-state index in [2.05, 4.69) is 10.1 Å². The Morgan fingerprint density at radius 1 is 1.02 bits per heavy atom. The molecule has 0 saturated heterocycles. The summed E-state index contributed by atoms with van der Waals surface area (Å²) in [4.78, 5) is 41.8. The third kappa shape index (κ3) is 6.53. The van der Waals surface area contributed by atoms with Gasteiger partial charge in [0.2, 0.25) is 0 Å². The van der Waals surface area contributed by atoms with Crippen LogP contribution in [0.5, 0.6) is 0 Å². The first-order valence-electron chi connectivity index (χ1n) is 13.7. The molecule has 240 valence electrons. The molecule has 1 amide bonds. The maximum Gasteiger partial charge on any atom is 0.435 e. The molecule has 1 atom stereocenters. The Bertz CT molecular complexity index is 1850. The Morgan fingerprint density at radius 3 is 2.37 bits per heavy atom. The molecular formula is C31H22F8N4O3. The first-order valence-corrected chi connectivity index (χ1v) is 13.7. The predicted octanol–water partition coefficient (Wildman–Crippen LogP) is 6.53. The quantitative estimate of drug-likeness (QED) is 0.207. The Labute approximate surface area is 255 Å². The van der Waals surface area contributed by atoms with Gasteiger partial charge in [-0.2, -0.15) is 27.1 Å². The number of Topliss-reactive ketones (excluding diaryl/α,β-unsaturated/α-hetero) is 2. The number of amides is 1. The van der Waals surface area contributed by atoms with E-state index in [0.717, 1.165) is 24.3 Å². The molecule has 0 spiro atoms. The summed E-state index contributed by atoms with van der Waals surface area (Å²) in [6, 6.07) is 8.94. The highest BCUT2D eigenvalue weighted by Crippen LogP contribution is 2.45. The number of rotatable bonds is 9. The molecule has 46 heavy (non-hydrogen) atoms. The van der Waals surface area contributed by atoms with Gasteiger partial charge in [0.15, 0.2) is 17.3 Å². The molecule has 2 N–H and O–H groups in total. The van der Waals surface area contributed by atoms with Crippen molar-refractivity contribution in [3.63, 3.8) is 0 Å². The minimum Gasteiger partial charge on any atom is -0.366 e. The van der Waals surface area contributed by atoms with Crippen LogP contribution in [-0.4, -0.2) is 32.2 Å². The predicted molar refractivity (Wildman–Crippen MR) is 145 cm³/mol. The molecule has 4 aromatic rings. The van der Waals surface area contributed by atoms with Crippen molar-refractivity contribution >= 4 is 17.5 Å². The van der Waals surface area contributed by atoms with Crippen molar-refractivity contribution in [2.75, 3.05) is 0 Å². The highest BCUT2D eigenvalue weighted by Gasteiger charge is 2.51. The molecule has 1 aliphatic carbocycles. The molecule has 15 heteroatoms. The molecule has 0 saturated carbocycles. The molecule has 2 heterocycles. The summed E-state index contributed by atoms with van der Waals surface area (Å²) in [7, 11) is 0. The standard InChI is InChI=1S/C31H22F8N4O3/c32-18-9-15(10-19(33)13-18)8-17(26-21(2-1-7-41-26)16-3-4-23(34)22(12-16)29(40)46)11-20(44)14-43-28-25(27(42-43)31(37,38)39)24(45)5-6-30(28,35)36/h1-4,7,9-10,12-13,17H,5-6,8,11,14H2,(H2,40,46)/t17-/m1/s1. The van der Waals surface area contributed by atoms with Crippen molar-refractivity contribution in [3.8, 4) is 11.1 Å². The number of fused-ring (bicyclic) bond motifs is 1. The maximum absolute atomic E-state index is 14.9. The Balaban J connectivity index is 1.57. The van der Waals surface area contributed by atoms with Crippen LogP contribution in [0.1, 0.15) is 68.5 Å². The number of alkyl halides is 5. The molecule has 2 aromatic heterocycles. The van der Waals surface area contributed by atoms with Crippen molar-refractivity contribution in [3.05, 3.63) is 106 Å². The van der Waals surface area contributed by atoms with Crippen LogP contribution in [0.25, 0.3) is 11.1 Å². The van der Waals surface area contributed by atoms with E-state index < -0.39 is 101 Å². The van der Waals surface area contributed by atoms with Gasteiger partial charge in [-0.1, -0.05) is 12.1 Å². The highest BCUT2D eigenvalue weighted by atomic mass is 19.4. The Morgan fingerprint density at radius 2 is 1.72 bits per heavy atom. The lowest BCUT2D eigenvalue weighted by Gasteiger charge is -2.24. The summed E-state index contributed by atoms with van der Waals surface area (Å²) >= 11 is 0. The number of aromatic nitrogens is 3. The molecule has 1 aliphatic rings. The van der Waals surface area contributed by atoms with Crippen LogP contribution >= 0.6 is 0 Å². The Hall–Kier alpha value is -4.95. The zero-order valence-corrected chi connectivity index (χ0v) is 23.5. The molecule has 0 aliphatic heterocycles. The second-order valence-corrected chi connectivity index (χ2v) is 10.8. The monoisotopic (exact) mass is 650 g/mol. The summed E-state index contributed by atoms with van der Waals surface area (Å²) in [5.41, 5.74) is 0.967. The van der Waals surface area contributed by atoms with Crippen LogP contribution in [0.2, 0.25) is 0 Å². The van der Waals surface area contributed by atoms with E-state index in [0.29, 0.717) is 6.07 Å². The molecule has 0 radical (unpaired) electrons. The minimum absolute atomic E-state index is 0.0526. The smallest absolute Gasteiger partial charge is 0.366 e. The van der Waals surface area contributed by atoms with E-state index in [1.54, 1.807) is 0 Å². The maximum atomic E-state index is 14.9. The van der Waals surface area contributed by atoms with Crippen molar-refractivity contribution in [1.82, 2.24) is 14.8 Å². The molecule has 0 unspecified atom stereocenters. The zero-order valence-electron chi connectivity index (χ0n) is 23.5. The Kier molecular flexibility index (Phi) is 8.53. The third-order valence-corrected chi connectivity index (χ3v) is 7.48. The van der Waals surface area contributed by atoms with E-state index in [9.17, 15) is 49.5 Å².